The molecule has 0 unspecified atom stereocenters. The second-order valence-electron chi connectivity index (χ2n) is 5.44. The molecule has 0 aliphatic carbocycles. The number of rotatable bonds is 5. The van der Waals surface area contributed by atoms with E-state index in [2.05, 4.69) is 27.8 Å². The fraction of sp³-hybridized carbons (Fsp3) is 0.562. The number of likely N-dealkylation sites (tertiary alicyclic amines) is 1. The molecule has 1 aliphatic rings. The lowest BCUT2D eigenvalue weighted by Gasteiger charge is -2.31. The molecule has 2 rings (SSSR count). The van der Waals surface area contributed by atoms with Crippen molar-refractivity contribution in [1.29, 1.82) is 0 Å². The standard InChI is InChI=1S/C16H22BrNO/c1-2-4-13-7-9-18(10-8-13)12-16(19)14-5-3-6-15(17)11-14/h3,5-6,11,13H,2,4,7-10,12H2,1H3. The first-order chi connectivity index (χ1) is 9.19. The van der Waals surface area contributed by atoms with Crippen molar-refractivity contribution in [3.05, 3.63) is 34.3 Å². The van der Waals surface area contributed by atoms with Gasteiger partial charge in [0.1, 0.15) is 0 Å². The molecule has 0 radical (unpaired) electrons. The third-order valence-electron chi connectivity index (χ3n) is 3.92. The number of benzene rings is 1. The van der Waals surface area contributed by atoms with E-state index in [0.717, 1.165) is 29.0 Å². The molecular weight excluding hydrogens is 302 g/mol. The van der Waals surface area contributed by atoms with E-state index in [1.807, 2.05) is 24.3 Å². The fourth-order valence-corrected chi connectivity index (χ4v) is 3.20. The Labute approximate surface area is 124 Å². The first kappa shape index (κ1) is 14.7. The summed E-state index contributed by atoms with van der Waals surface area (Å²) in [5.41, 5.74) is 0.810. The van der Waals surface area contributed by atoms with Gasteiger partial charge in [-0.05, 0) is 44.0 Å². The van der Waals surface area contributed by atoms with Crippen molar-refractivity contribution in [3.63, 3.8) is 0 Å². The molecule has 0 amide bonds. The van der Waals surface area contributed by atoms with Crippen LogP contribution in [-0.4, -0.2) is 30.3 Å². The summed E-state index contributed by atoms with van der Waals surface area (Å²) in [7, 11) is 0. The zero-order valence-electron chi connectivity index (χ0n) is 11.6. The summed E-state index contributed by atoms with van der Waals surface area (Å²) in [4.78, 5) is 14.5. The molecule has 0 spiro atoms. The molecule has 0 atom stereocenters. The largest absolute Gasteiger partial charge is 0.296 e. The summed E-state index contributed by atoms with van der Waals surface area (Å²) in [6.45, 7) is 4.97. The van der Waals surface area contributed by atoms with Crippen LogP contribution in [0.2, 0.25) is 0 Å². The lowest BCUT2D eigenvalue weighted by Crippen LogP contribution is -2.37. The predicted octanol–water partition coefficient (Wildman–Crippen LogP) is 4.14. The van der Waals surface area contributed by atoms with E-state index in [4.69, 9.17) is 0 Å². The molecule has 104 valence electrons. The number of carbonyl (C=O) groups is 1. The molecule has 1 aromatic rings. The highest BCUT2D eigenvalue weighted by Crippen LogP contribution is 2.22. The second kappa shape index (κ2) is 7.20. The summed E-state index contributed by atoms with van der Waals surface area (Å²) in [6, 6.07) is 7.68. The van der Waals surface area contributed by atoms with Gasteiger partial charge in [0.05, 0.1) is 6.54 Å². The molecule has 1 fully saturated rings. The third kappa shape index (κ3) is 4.43. The number of Topliss-reactive ketones (excluding diaryl/α,β-unsaturated/α-hetero) is 1. The summed E-state index contributed by atoms with van der Waals surface area (Å²) < 4.78 is 0.972. The number of nitrogens with zero attached hydrogens (tertiary/aromatic N) is 1. The molecule has 3 heteroatoms. The van der Waals surface area contributed by atoms with Gasteiger partial charge in [0.2, 0.25) is 0 Å². The minimum absolute atomic E-state index is 0.232. The molecule has 1 saturated heterocycles. The van der Waals surface area contributed by atoms with E-state index in [0.29, 0.717) is 6.54 Å². The van der Waals surface area contributed by atoms with Gasteiger partial charge in [-0.3, -0.25) is 9.69 Å². The van der Waals surface area contributed by atoms with E-state index in [1.54, 1.807) is 0 Å². The Kier molecular flexibility index (Phi) is 5.59. The Hall–Kier alpha value is -0.670. The van der Waals surface area contributed by atoms with E-state index in [9.17, 15) is 4.79 Å². The molecule has 2 nitrogen and oxygen atoms in total. The van der Waals surface area contributed by atoms with Gasteiger partial charge < -0.3 is 0 Å². The molecule has 0 aromatic heterocycles. The number of hydrogen-bond acceptors (Lipinski definition) is 2. The summed E-state index contributed by atoms with van der Waals surface area (Å²) in [5, 5.41) is 0. The van der Waals surface area contributed by atoms with E-state index in [-0.39, 0.29) is 5.78 Å². The van der Waals surface area contributed by atoms with Crippen LogP contribution in [0.1, 0.15) is 43.0 Å². The van der Waals surface area contributed by atoms with Gasteiger partial charge in [-0.1, -0.05) is 47.8 Å². The molecule has 0 bridgehead atoms. The highest BCUT2D eigenvalue weighted by molar-refractivity contribution is 9.10. The van der Waals surface area contributed by atoms with Gasteiger partial charge in [0.25, 0.3) is 0 Å². The Bertz CT molecular complexity index is 425. The van der Waals surface area contributed by atoms with Crippen molar-refractivity contribution < 1.29 is 4.79 Å². The van der Waals surface area contributed by atoms with E-state index in [1.165, 1.54) is 25.7 Å². The van der Waals surface area contributed by atoms with Crippen molar-refractivity contribution in [2.75, 3.05) is 19.6 Å². The lowest BCUT2D eigenvalue weighted by molar-refractivity contribution is 0.0893. The molecule has 1 aliphatic heterocycles. The van der Waals surface area contributed by atoms with Crippen LogP contribution in [0.25, 0.3) is 0 Å². The Morgan fingerprint density at radius 2 is 2.11 bits per heavy atom. The second-order valence-corrected chi connectivity index (χ2v) is 6.36. The molecule has 1 heterocycles. The average Bonchev–Trinajstić information content (AvgIpc) is 2.41. The van der Waals surface area contributed by atoms with Crippen molar-refractivity contribution in [1.82, 2.24) is 4.90 Å². The minimum Gasteiger partial charge on any atom is -0.296 e. The third-order valence-corrected chi connectivity index (χ3v) is 4.41. The first-order valence-electron chi connectivity index (χ1n) is 7.20. The normalized spacial score (nSPS) is 17.6. The SMILES string of the molecule is CCCC1CCN(CC(=O)c2cccc(Br)c2)CC1. The molecule has 0 saturated carbocycles. The van der Waals surface area contributed by atoms with Gasteiger partial charge in [-0.15, -0.1) is 0 Å². The van der Waals surface area contributed by atoms with Gasteiger partial charge >= 0.3 is 0 Å². The van der Waals surface area contributed by atoms with Crippen LogP contribution in [0.5, 0.6) is 0 Å². The smallest absolute Gasteiger partial charge is 0.176 e. The molecule has 1 aromatic carbocycles. The maximum atomic E-state index is 12.2. The van der Waals surface area contributed by atoms with E-state index >= 15 is 0 Å². The average molecular weight is 324 g/mol. The number of ketones is 1. The van der Waals surface area contributed by atoms with Crippen LogP contribution in [0.4, 0.5) is 0 Å². The Morgan fingerprint density at radius 1 is 1.37 bits per heavy atom. The maximum Gasteiger partial charge on any atom is 0.176 e. The highest BCUT2D eigenvalue weighted by atomic mass is 79.9. The zero-order chi connectivity index (χ0) is 13.7. The maximum absolute atomic E-state index is 12.2. The van der Waals surface area contributed by atoms with Crippen LogP contribution >= 0.6 is 15.9 Å². The van der Waals surface area contributed by atoms with Crippen LogP contribution in [-0.2, 0) is 0 Å². The van der Waals surface area contributed by atoms with Crippen molar-refractivity contribution >= 4 is 21.7 Å². The Balaban J connectivity index is 1.84. The van der Waals surface area contributed by atoms with Crippen LogP contribution in [0.3, 0.4) is 0 Å². The highest BCUT2D eigenvalue weighted by Gasteiger charge is 2.20. The first-order valence-corrected chi connectivity index (χ1v) is 7.99. The number of piperidine rings is 1. The molecular formula is C16H22BrNO. The number of carbonyl (C=O) groups excluding carboxylic acids is 1. The molecule has 19 heavy (non-hydrogen) atoms. The van der Waals surface area contributed by atoms with Gasteiger partial charge in [-0.2, -0.15) is 0 Å². The summed E-state index contributed by atoms with van der Waals surface area (Å²) in [6.07, 6.45) is 5.12. The van der Waals surface area contributed by atoms with Crippen LogP contribution < -0.4 is 0 Å². The van der Waals surface area contributed by atoms with Crippen LogP contribution in [0, 0.1) is 5.92 Å². The van der Waals surface area contributed by atoms with Gasteiger partial charge in [0.15, 0.2) is 5.78 Å². The lowest BCUT2D eigenvalue weighted by atomic mass is 9.92. The monoisotopic (exact) mass is 323 g/mol. The van der Waals surface area contributed by atoms with Crippen LogP contribution in [0.15, 0.2) is 28.7 Å². The number of halogens is 1. The summed E-state index contributed by atoms with van der Waals surface area (Å²) >= 11 is 3.41. The number of hydrogen-bond donors (Lipinski definition) is 0. The Morgan fingerprint density at radius 3 is 2.74 bits per heavy atom. The van der Waals surface area contributed by atoms with Gasteiger partial charge in [-0.25, -0.2) is 0 Å². The van der Waals surface area contributed by atoms with Gasteiger partial charge in [0, 0.05) is 10.0 Å². The van der Waals surface area contributed by atoms with E-state index < -0.39 is 0 Å². The topological polar surface area (TPSA) is 20.3 Å². The van der Waals surface area contributed by atoms with Crippen molar-refractivity contribution in [3.8, 4) is 0 Å². The zero-order valence-corrected chi connectivity index (χ0v) is 13.2. The predicted molar refractivity (Wildman–Crippen MR) is 82.5 cm³/mol. The van der Waals surface area contributed by atoms with Crippen molar-refractivity contribution in [2.45, 2.75) is 32.6 Å². The van der Waals surface area contributed by atoms with Crippen molar-refractivity contribution in [2.24, 2.45) is 5.92 Å². The summed E-state index contributed by atoms with van der Waals surface area (Å²) in [5.74, 6) is 1.11. The minimum atomic E-state index is 0.232. The fourth-order valence-electron chi connectivity index (χ4n) is 2.80. The molecule has 0 N–H and O–H groups in total. The quantitative estimate of drug-likeness (QED) is 0.759.